The van der Waals surface area contributed by atoms with E-state index >= 15 is 0 Å². The lowest BCUT2D eigenvalue weighted by Crippen LogP contribution is -2.04. The number of aromatic nitrogens is 3. The fourth-order valence-electron chi connectivity index (χ4n) is 2.55. The van der Waals surface area contributed by atoms with Gasteiger partial charge in [-0.05, 0) is 36.8 Å². The van der Waals surface area contributed by atoms with Gasteiger partial charge in [0.15, 0.2) is 5.58 Å². The van der Waals surface area contributed by atoms with E-state index in [0.717, 1.165) is 17.3 Å². The second-order valence-corrected chi connectivity index (χ2v) is 5.25. The van der Waals surface area contributed by atoms with Crippen LogP contribution in [0.3, 0.4) is 0 Å². The van der Waals surface area contributed by atoms with Gasteiger partial charge in [0.25, 0.3) is 0 Å². The summed E-state index contributed by atoms with van der Waals surface area (Å²) in [5, 5.41) is 0. The van der Waals surface area contributed by atoms with Crippen molar-refractivity contribution >= 4 is 22.1 Å². The largest absolute Gasteiger partial charge is 0.436 e. The van der Waals surface area contributed by atoms with Gasteiger partial charge >= 0.3 is 6.61 Å². The number of alkyl halides is 2. The van der Waals surface area contributed by atoms with Crippen molar-refractivity contribution in [3.63, 3.8) is 0 Å². The van der Waals surface area contributed by atoms with Gasteiger partial charge in [-0.2, -0.15) is 8.78 Å². The lowest BCUT2D eigenvalue weighted by atomic mass is 10.1. The van der Waals surface area contributed by atoms with E-state index in [9.17, 15) is 8.78 Å². The summed E-state index contributed by atoms with van der Waals surface area (Å²) >= 11 is 0. The molecule has 2 heterocycles. The Morgan fingerprint density at radius 3 is 2.54 bits per heavy atom. The predicted octanol–water partition coefficient (Wildman–Crippen LogP) is 5.37. The molecule has 0 atom stereocenters. The molecule has 0 spiro atoms. The van der Waals surface area contributed by atoms with Gasteiger partial charge in [0, 0.05) is 0 Å². The topological polar surface area (TPSA) is 61.0 Å². The van der Waals surface area contributed by atoms with E-state index in [1.165, 1.54) is 0 Å². The monoisotopic (exact) mass is 357 g/mol. The summed E-state index contributed by atoms with van der Waals surface area (Å²) in [7, 11) is 0. The molecule has 0 aliphatic heterocycles. The zero-order chi connectivity index (χ0) is 18.7. The molecule has 26 heavy (non-hydrogen) atoms. The van der Waals surface area contributed by atoms with Gasteiger partial charge in [0.1, 0.15) is 11.0 Å². The number of benzene rings is 2. The molecular weight excluding hydrogens is 340 g/mol. The Labute approximate surface area is 148 Å². The van der Waals surface area contributed by atoms with Crippen LogP contribution in [0, 0.1) is 6.92 Å². The van der Waals surface area contributed by atoms with Gasteiger partial charge in [0.05, 0.1) is 17.3 Å². The van der Waals surface area contributed by atoms with Gasteiger partial charge in [-0.15, -0.1) is 0 Å². The predicted molar refractivity (Wildman–Crippen MR) is 95.3 cm³/mol. The van der Waals surface area contributed by atoms with Crippen LogP contribution in [0.5, 0.6) is 5.88 Å². The van der Waals surface area contributed by atoms with Crippen LogP contribution < -0.4 is 4.74 Å². The van der Waals surface area contributed by atoms with Crippen LogP contribution in [0.15, 0.2) is 47.0 Å². The van der Waals surface area contributed by atoms with E-state index in [1.54, 1.807) is 6.07 Å². The molecule has 0 N–H and O–H groups in total. The van der Waals surface area contributed by atoms with Gasteiger partial charge < -0.3 is 9.15 Å². The number of ether oxygens (including phenoxy) is 1. The highest BCUT2D eigenvalue weighted by Gasteiger charge is 2.15. The SMILES string of the molecule is CC.Cc1cc(-c2nc3ccccc3o2)c2ncc(OC(F)F)nc2c1. The quantitative estimate of drug-likeness (QED) is 0.493. The van der Waals surface area contributed by atoms with Crippen molar-refractivity contribution in [2.75, 3.05) is 0 Å². The molecule has 2 aromatic carbocycles. The molecule has 0 amide bonds. The summed E-state index contributed by atoms with van der Waals surface area (Å²) in [5.74, 6) is 0.174. The molecule has 0 fully saturated rings. The molecule has 134 valence electrons. The lowest BCUT2D eigenvalue weighted by Gasteiger charge is -2.07. The van der Waals surface area contributed by atoms with E-state index in [0.29, 0.717) is 28.1 Å². The minimum atomic E-state index is -2.95. The Kier molecular flexibility index (Phi) is 5.06. The minimum Gasteiger partial charge on any atom is -0.436 e. The van der Waals surface area contributed by atoms with Crippen molar-refractivity contribution in [3.05, 3.63) is 48.2 Å². The van der Waals surface area contributed by atoms with Crippen LogP contribution in [0.4, 0.5) is 8.78 Å². The minimum absolute atomic E-state index is 0.230. The lowest BCUT2D eigenvalue weighted by molar-refractivity contribution is -0.0528. The molecule has 0 aliphatic carbocycles. The van der Waals surface area contributed by atoms with Gasteiger partial charge in [-0.25, -0.2) is 15.0 Å². The number of halogens is 2. The maximum Gasteiger partial charge on any atom is 0.388 e. The zero-order valence-corrected chi connectivity index (χ0v) is 14.5. The first kappa shape index (κ1) is 17.7. The van der Waals surface area contributed by atoms with E-state index in [4.69, 9.17) is 4.42 Å². The van der Waals surface area contributed by atoms with E-state index in [-0.39, 0.29) is 5.88 Å². The Morgan fingerprint density at radius 2 is 1.81 bits per heavy atom. The van der Waals surface area contributed by atoms with Crippen LogP contribution in [-0.2, 0) is 0 Å². The number of hydrogen-bond acceptors (Lipinski definition) is 5. The summed E-state index contributed by atoms with van der Waals surface area (Å²) < 4.78 is 34.8. The molecule has 0 bridgehead atoms. The fraction of sp³-hybridized carbons (Fsp3) is 0.211. The van der Waals surface area contributed by atoms with Crippen molar-refractivity contribution in [2.45, 2.75) is 27.4 Å². The van der Waals surface area contributed by atoms with E-state index in [1.807, 2.05) is 51.1 Å². The molecule has 4 rings (SSSR count). The molecule has 4 aromatic rings. The molecule has 7 heteroatoms. The summed E-state index contributed by atoms with van der Waals surface area (Å²) in [6, 6.07) is 11.0. The Balaban J connectivity index is 0.000000948. The molecule has 0 unspecified atom stereocenters. The second-order valence-electron chi connectivity index (χ2n) is 5.25. The van der Waals surface area contributed by atoms with Crippen molar-refractivity contribution in [1.29, 1.82) is 0 Å². The first-order valence-corrected chi connectivity index (χ1v) is 8.18. The molecule has 5 nitrogen and oxygen atoms in total. The summed E-state index contributed by atoms with van der Waals surface area (Å²) in [5.41, 5.74) is 3.86. The number of hydrogen-bond donors (Lipinski definition) is 0. The number of nitrogens with zero attached hydrogens (tertiary/aromatic N) is 3. The Bertz CT molecular complexity index is 1010. The first-order valence-electron chi connectivity index (χ1n) is 8.18. The Morgan fingerprint density at radius 1 is 1.04 bits per heavy atom. The molecule has 0 saturated heterocycles. The highest BCUT2D eigenvalue weighted by atomic mass is 19.3. The molecule has 0 radical (unpaired) electrons. The Hall–Kier alpha value is -3.09. The standard InChI is InChI=1S/C17H11F2N3O2.C2H6/c1-9-6-10(16-22-11-4-2-3-5-13(11)23-16)15-12(7-9)21-14(8-20-15)24-17(18)19;1-2/h2-8,17H,1H3;1-2H3. The number of oxazole rings is 1. The average Bonchev–Trinajstić information content (AvgIpc) is 3.06. The summed E-state index contributed by atoms with van der Waals surface area (Å²) in [6.45, 7) is 2.92. The van der Waals surface area contributed by atoms with Crippen LogP contribution in [-0.4, -0.2) is 21.6 Å². The van der Waals surface area contributed by atoms with E-state index in [2.05, 4.69) is 19.7 Å². The van der Waals surface area contributed by atoms with Crippen LogP contribution in [0.1, 0.15) is 19.4 Å². The van der Waals surface area contributed by atoms with Crippen LogP contribution >= 0.6 is 0 Å². The van der Waals surface area contributed by atoms with Gasteiger partial charge in [-0.3, -0.25) is 0 Å². The molecule has 0 aliphatic rings. The zero-order valence-electron chi connectivity index (χ0n) is 14.5. The second kappa shape index (κ2) is 7.43. The summed E-state index contributed by atoms with van der Waals surface area (Å²) in [6.07, 6.45) is 1.16. The third kappa shape index (κ3) is 3.46. The molecular formula is C19H17F2N3O2. The normalized spacial score (nSPS) is 10.8. The third-order valence-electron chi connectivity index (χ3n) is 3.50. The smallest absolute Gasteiger partial charge is 0.388 e. The fourth-order valence-corrected chi connectivity index (χ4v) is 2.55. The highest BCUT2D eigenvalue weighted by molar-refractivity contribution is 5.91. The van der Waals surface area contributed by atoms with Crippen LogP contribution in [0.2, 0.25) is 0 Å². The summed E-state index contributed by atoms with van der Waals surface area (Å²) in [4.78, 5) is 12.7. The molecule has 0 saturated carbocycles. The van der Waals surface area contributed by atoms with Gasteiger partial charge in [0.2, 0.25) is 11.8 Å². The first-order chi connectivity index (χ1) is 12.6. The average molecular weight is 357 g/mol. The van der Waals surface area contributed by atoms with Crippen molar-refractivity contribution < 1.29 is 17.9 Å². The van der Waals surface area contributed by atoms with Gasteiger partial charge in [-0.1, -0.05) is 26.0 Å². The van der Waals surface area contributed by atoms with Crippen molar-refractivity contribution in [2.24, 2.45) is 0 Å². The number of rotatable bonds is 3. The maximum atomic E-state index is 12.3. The number of fused-ring (bicyclic) bond motifs is 2. The third-order valence-corrected chi connectivity index (χ3v) is 3.50. The van der Waals surface area contributed by atoms with Crippen molar-refractivity contribution in [1.82, 2.24) is 15.0 Å². The maximum absolute atomic E-state index is 12.3. The van der Waals surface area contributed by atoms with Crippen LogP contribution in [0.25, 0.3) is 33.6 Å². The number of para-hydroxylation sites is 2. The van der Waals surface area contributed by atoms with Crippen molar-refractivity contribution in [3.8, 4) is 17.3 Å². The number of aryl methyl sites for hydroxylation is 1. The van der Waals surface area contributed by atoms with E-state index < -0.39 is 6.61 Å². The highest BCUT2D eigenvalue weighted by Crippen LogP contribution is 2.30. The molecule has 2 aromatic heterocycles.